The normalized spacial score (nSPS) is 10.5. The predicted molar refractivity (Wildman–Crippen MR) is 109 cm³/mol. The lowest BCUT2D eigenvalue weighted by Gasteiger charge is -2.05. The van der Waals surface area contributed by atoms with E-state index < -0.39 is 0 Å². The van der Waals surface area contributed by atoms with E-state index in [0.717, 1.165) is 41.0 Å². The number of aromatic nitrogens is 4. The van der Waals surface area contributed by atoms with Gasteiger partial charge >= 0.3 is 0 Å². The lowest BCUT2D eigenvalue weighted by atomic mass is 10.1. The SMILES string of the molecule is C.CCCc1cc(-c2cc3n(C)c(=O)c4ccccc4n3n2)ccn1.Cl. The highest BCUT2D eigenvalue weighted by molar-refractivity contribution is 5.85. The van der Waals surface area contributed by atoms with Gasteiger partial charge in [0.15, 0.2) is 0 Å². The summed E-state index contributed by atoms with van der Waals surface area (Å²) in [6, 6.07) is 13.6. The minimum atomic E-state index is -0.00838. The number of pyridine rings is 1. The van der Waals surface area contributed by atoms with Crippen molar-refractivity contribution in [3.05, 3.63) is 64.7 Å². The van der Waals surface area contributed by atoms with Crippen LogP contribution in [0.25, 0.3) is 27.8 Å². The maximum atomic E-state index is 12.5. The zero-order chi connectivity index (χ0) is 16.7. The monoisotopic (exact) mass is 370 g/mol. The summed E-state index contributed by atoms with van der Waals surface area (Å²) < 4.78 is 3.49. The van der Waals surface area contributed by atoms with E-state index >= 15 is 0 Å². The van der Waals surface area contributed by atoms with Crippen LogP contribution in [-0.4, -0.2) is 19.2 Å². The summed E-state index contributed by atoms with van der Waals surface area (Å²) >= 11 is 0. The van der Waals surface area contributed by atoms with Crippen LogP contribution in [0.1, 0.15) is 26.5 Å². The maximum absolute atomic E-state index is 12.5. The van der Waals surface area contributed by atoms with Crippen molar-refractivity contribution in [3.8, 4) is 11.3 Å². The smallest absolute Gasteiger partial charge is 0.261 e. The Morgan fingerprint density at radius 2 is 1.88 bits per heavy atom. The minimum absolute atomic E-state index is 0. The Bertz CT molecular complexity index is 1110. The van der Waals surface area contributed by atoms with Crippen molar-refractivity contribution in [2.45, 2.75) is 27.2 Å². The van der Waals surface area contributed by atoms with Crippen molar-refractivity contribution in [1.29, 1.82) is 0 Å². The molecular formula is C20H23ClN4O. The number of nitrogens with zero attached hydrogens (tertiary/aromatic N) is 4. The van der Waals surface area contributed by atoms with Crippen molar-refractivity contribution in [3.63, 3.8) is 0 Å². The van der Waals surface area contributed by atoms with Crippen LogP contribution in [0.15, 0.2) is 53.5 Å². The molecule has 5 nitrogen and oxygen atoms in total. The molecule has 6 heteroatoms. The predicted octanol–water partition coefficient (Wildman–Crippen LogP) is 4.26. The van der Waals surface area contributed by atoms with Gasteiger partial charge in [-0.2, -0.15) is 5.10 Å². The molecule has 0 aliphatic carbocycles. The molecular weight excluding hydrogens is 348 g/mol. The van der Waals surface area contributed by atoms with E-state index in [1.165, 1.54) is 0 Å². The first-order chi connectivity index (χ1) is 11.7. The van der Waals surface area contributed by atoms with E-state index in [-0.39, 0.29) is 25.4 Å². The molecule has 1 aromatic carbocycles. The molecule has 3 aromatic heterocycles. The van der Waals surface area contributed by atoms with Crippen molar-refractivity contribution >= 4 is 29.0 Å². The van der Waals surface area contributed by atoms with Crippen LogP contribution in [0.4, 0.5) is 0 Å². The van der Waals surface area contributed by atoms with Crippen LogP contribution >= 0.6 is 12.4 Å². The van der Waals surface area contributed by atoms with E-state index in [2.05, 4.69) is 18.0 Å². The molecule has 0 bridgehead atoms. The van der Waals surface area contributed by atoms with Gasteiger partial charge in [-0.1, -0.05) is 32.9 Å². The third kappa shape index (κ3) is 3.10. The number of hydrogen-bond acceptors (Lipinski definition) is 3. The fraction of sp³-hybridized carbons (Fsp3) is 0.250. The van der Waals surface area contributed by atoms with Gasteiger partial charge in [0.2, 0.25) is 0 Å². The number of rotatable bonds is 3. The van der Waals surface area contributed by atoms with Gasteiger partial charge in [-0.15, -0.1) is 12.4 Å². The van der Waals surface area contributed by atoms with Gasteiger partial charge in [-0.05, 0) is 30.7 Å². The average molecular weight is 371 g/mol. The van der Waals surface area contributed by atoms with Gasteiger partial charge in [-0.3, -0.25) is 14.3 Å². The summed E-state index contributed by atoms with van der Waals surface area (Å²) in [5, 5.41) is 5.41. The first-order valence-corrected chi connectivity index (χ1v) is 8.12. The number of halogens is 1. The summed E-state index contributed by atoms with van der Waals surface area (Å²) in [4.78, 5) is 16.9. The van der Waals surface area contributed by atoms with Crippen molar-refractivity contribution in [2.24, 2.45) is 7.05 Å². The fourth-order valence-electron chi connectivity index (χ4n) is 3.08. The molecule has 0 fully saturated rings. The van der Waals surface area contributed by atoms with E-state index in [1.54, 1.807) is 11.6 Å². The van der Waals surface area contributed by atoms with Crippen molar-refractivity contribution < 1.29 is 0 Å². The zero-order valence-electron chi connectivity index (χ0n) is 14.1. The molecule has 3 heterocycles. The highest BCUT2D eigenvalue weighted by Gasteiger charge is 2.12. The zero-order valence-corrected chi connectivity index (χ0v) is 15.0. The summed E-state index contributed by atoms with van der Waals surface area (Å²) in [7, 11) is 1.78. The molecule has 0 spiro atoms. The molecule has 26 heavy (non-hydrogen) atoms. The highest BCUT2D eigenvalue weighted by Crippen LogP contribution is 2.22. The van der Waals surface area contributed by atoms with Crippen LogP contribution in [0, 0.1) is 0 Å². The Hall–Kier alpha value is -2.66. The standard InChI is InChI=1S/C19H18N4O.CH4.ClH/c1-3-6-14-11-13(9-10-20-14)16-12-18-22(2)19(24)15-7-4-5-8-17(15)23(18)21-16;;/h4-5,7-12H,3,6H2,1-2H3;1H4;1H. The van der Waals surface area contributed by atoms with Gasteiger partial charge in [-0.25, -0.2) is 4.52 Å². The van der Waals surface area contributed by atoms with Crippen molar-refractivity contribution in [2.75, 3.05) is 0 Å². The fourth-order valence-corrected chi connectivity index (χ4v) is 3.08. The molecule has 136 valence electrons. The van der Waals surface area contributed by atoms with E-state index in [1.807, 2.05) is 47.1 Å². The molecule has 0 saturated heterocycles. The van der Waals surface area contributed by atoms with Gasteiger partial charge < -0.3 is 0 Å². The van der Waals surface area contributed by atoms with E-state index in [4.69, 9.17) is 5.10 Å². The molecule has 0 saturated carbocycles. The quantitative estimate of drug-likeness (QED) is 0.541. The summed E-state index contributed by atoms with van der Waals surface area (Å²) in [5.41, 5.74) is 4.53. The van der Waals surface area contributed by atoms with Gasteiger partial charge in [0.05, 0.1) is 16.6 Å². The van der Waals surface area contributed by atoms with Gasteiger partial charge in [0.25, 0.3) is 5.56 Å². The topological polar surface area (TPSA) is 52.2 Å². The Morgan fingerprint density at radius 3 is 2.65 bits per heavy atom. The second-order valence-electron chi connectivity index (χ2n) is 5.97. The molecule has 4 aromatic rings. The number of benzene rings is 1. The Morgan fingerprint density at radius 1 is 1.12 bits per heavy atom. The van der Waals surface area contributed by atoms with Crippen LogP contribution < -0.4 is 5.56 Å². The molecule has 0 atom stereocenters. The van der Waals surface area contributed by atoms with E-state index in [0.29, 0.717) is 5.39 Å². The third-order valence-corrected chi connectivity index (χ3v) is 4.32. The van der Waals surface area contributed by atoms with Gasteiger partial charge in [0.1, 0.15) is 5.65 Å². The van der Waals surface area contributed by atoms with Crippen LogP contribution in [0.5, 0.6) is 0 Å². The van der Waals surface area contributed by atoms with Gasteiger partial charge in [0, 0.05) is 30.6 Å². The van der Waals surface area contributed by atoms with Crippen molar-refractivity contribution in [1.82, 2.24) is 19.2 Å². The second-order valence-corrected chi connectivity index (χ2v) is 5.97. The molecule has 0 radical (unpaired) electrons. The summed E-state index contributed by atoms with van der Waals surface area (Å²) in [5.74, 6) is 0. The van der Waals surface area contributed by atoms with Crippen LogP contribution in [0.2, 0.25) is 0 Å². The number of para-hydroxylation sites is 1. The van der Waals surface area contributed by atoms with Crippen LogP contribution in [0.3, 0.4) is 0 Å². The molecule has 4 rings (SSSR count). The number of aryl methyl sites for hydroxylation is 2. The van der Waals surface area contributed by atoms with Crippen LogP contribution in [-0.2, 0) is 13.5 Å². The second kappa shape index (κ2) is 7.70. The Labute approximate surface area is 158 Å². The number of fused-ring (bicyclic) bond motifs is 3. The maximum Gasteiger partial charge on any atom is 0.261 e. The summed E-state index contributed by atoms with van der Waals surface area (Å²) in [6.45, 7) is 2.14. The molecule has 0 aliphatic heterocycles. The first kappa shape index (κ1) is 19.7. The average Bonchev–Trinajstić information content (AvgIpc) is 3.06. The molecule has 0 unspecified atom stereocenters. The highest BCUT2D eigenvalue weighted by atomic mass is 35.5. The lowest BCUT2D eigenvalue weighted by molar-refractivity contribution is 0.850. The lowest BCUT2D eigenvalue weighted by Crippen LogP contribution is -2.19. The van der Waals surface area contributed by atoms with E-state index in [9.17, 15) is 4.79 Å². The third-order valence-electron chi connectivity index (χ3n) is 4.32. The largest absolute Gasteiger partial charge is 0.296 e. The Kier molecular flexibility index (Phi) is 5.83. The number of hydrogen-bond donors (Lipinski definition) is 0. The molecule has 0 amide bonds. The Balaban J connectivity index is 0.00000121. The molecule has 0 aliphatic rings. The molecule has 0 N–H and O–H groups in total. The minimum Gasteiger partial charge on any atom is -0.296 e. The summed E-state index contributed by atoms with van der Waals surface area (Å²) in [6.07, 6.45) is 3.82. The first-order valence-electron chi connectivity index (χ1n) is 8.12.